The molecule has 0 bridgehead atoms. The van der Waals surface area contributed by atoms with Gasteiger partial charge in [-0.3, -0.25) is 0 Å². The van der Waals surface area contributed by atoms with Gasteiger partial charge in [-0.25, -0.2) is 0 Å². The Labute approximate surface area is 117 Å². The molecule has 0 fully saturated rings. The van der Waals surface area contributed by atoms with E-state index in [-0.39, 0.29) is 0 Å². The highest BCUT2D eigenvalue weighted by Crippen LogP contribution is 2.29. The van der Waals surface area contributed by atoms with Gasteiger partial charge in [-0.1, -0.05) is 53.5 Å². The van der Waals surface area contributed by atoms with Crippen LogP contribution in [-0.4, -0.2) is 5.11 Å². The highest BCUT2D eigenvalue weighted by Gasteiger charge is 2.24. The topological polar surface area (TPSA) is 20.2 Å². The molecule has 94 valence electrons. The van der Waals surface area contributed by atoms with Crippen molar-refractivity contribution < 1.29 is 5.11 Å². The van der Waals surface area contributed by atoms with Crippen LogP contribution in [0.5, 0.6) is 0 Å². The van der Waals surface area contributed by atoms with Crippen molar-refractivity contribution in [2.45, 2.75) is 18.9 Å². The van der Waals surface area contributed by atoms with E-state index in [1.807, 2.05) is 30.3 Å². The number of hydrogen-bond acceptors (Lipinski definition) is 1. The Kier molecular flexibility index (Phi) is 3.96. The maximum atomic E-state index is 10.6. The minimum atomic E-state index is -0.963. The third kappa shape index (κ3) is 3.05. The van der Waals surface area contributed by atoms with Gasteiger partial charge >= 0.3 is 0 Å². The average molecular weight is 281 g/mol. The maximum absolute atomic E-state index is 10.6. The molecule has 0 amide bonds. The van der Waals surface area contributed by atoms with Crippen molar-refractivity contribution in [2.24, 2.45) is 0 Å². The number of aliphatic hydroxyl groups is 1. The van der Waals surface area contributed by atoms with Crippen molar-refractivity contribution in [3.05, 3.63) is 69.7 Å². The second-order valence-electron chi connectivity index (χ2n) is 4.55. The van der Waals surface area contributed by atoms with E-state index in [4.69, 9.17) is 23.2 Å². The highest BCUT2D eigenvalue weighted by atomic mass is 35.5. The molecule has 2 aromatic rings. The monoisotopic (exact) mass is 280 g/mol. The smallest absolute Gasteiger partial charge is 0.0909 e. The molecule has 1 N–H and O–H groups in total. The molecule has 0 heterocycles. The summed E-state index contributed by atoms with van der Waals surface area (Å²) in [6.07, 6.45) is 0.427. The minimum absolute atomic E-state index is 0.427. The summed E-state index contributed by atoms with van der Waals surface area (Å²) in [6.45, 7) is 1.78. The van der Waals surface area contributed by atoms with E-state index in [1.54, 1.807) is 25.1 Å². The Hall–Kier alpha value is -1.02. The Morgan fingerprint density at radius 1 is 1.06 bits per heavy atom. The normalized spacial score (nSPS) is 14.2. The first-order valence-corrected chi connectivity index (χ1v) is 6.46. The first-order valence-electron chi connectivity index (χ1n) is 5.71. The van der Waals surface area contributed by atoms with E-state index in [0.717, 1.165) is 11.1 Å². The summed E-state index contributed by atoms with van der Waals surface area (Å²) in [5, 5.41) is 11.8. The van der Waals surface area contributed by atoms with E-state index >= 15 is 0 Å². The summed E-state index contributed by atoms with van der Waals surface area (Å²) in [6, 6.07) is 14.8. The van der Waals surface area contributed by atoms with E-state index in [9.17, 15) is 5.11 Å². The van der Waals surface area contributed by atoms with Crippen LogP contribution < -0.4 is 0 Å². The summed E-state index contributed by atoms with van der Waals surface area (Å²) in [7, 11) is 0. The molecule has 0 aliphatic heterocycles. The SMILES string of the molecule is CC(O)(Cc1cc(Cl)ccc1Cl)c1ccccc1. The fourth-order valence-corrected chi connectivity index (χ4v) is 2.33. The van der Waals surface area contributed by atoms with Crippen molar-refractivity contribution >= 4 is 23.2 Å². The number of hydrogen-bond donors (Lipinski definition) is 1. The zero-order valence-electron chi connectivity index (χ0n) is 10.0. The van der Waals surface area contributed by atoms with Crippen molar-refractivity contribution in [3.63, 3.8) is 0 Å². The molecular weight excluding hydrogens is 267 g/mol. The van der Waals surface area contributed by atoms with Crippen LogP contribution in [0.25, 0.3) is 0 Å². The molecule has 0 aliphatic carbocycles. The van der Waals surface area contributed by atoms with Gasteiger partial charge in [0, 0.05) is 16.5 Å². The second-order valence-corrected chi connectivity index (χ2v) is 5.40. The van der Waals surface area contributed by atoms with Gasteiger partial charge in [0.05, 0.1) is 5.60 Å². The third-order valence-corrected chi connectivity index (χ3v) is 3.54. The summed E-state index contributed by atoms with van der Waals surface area (Å²) < 4.78 is 0. The summed E-state index contributed by atoms with van der Waals surface area (Å²) in [5.41, 5.74) is 0.745. The van der Waals surface area contributed by atoms with E-state index in [0.29, 0.717) is 16.5 Å². The maximum Gasteiger partial charge on any atom is 0.0909 e. The standard InChI is InChI=1S/C15H14Cl2O/c1-15(18,12-5-3-2-4-6-12)10-11-9-13(16)7-8-14(11)17/h2-9,18H,10H2,1H3. The molecular formula is C15H14Cl2O. The summed E-state index contributed by atoms with van der Waals surface area (Å²) in [4.78, 5) is 0. The fourth-order valence-electron chi connectivity index (χ4n) is 1.95. The molecule has 2 aromatic carbocycles. The first kappa shape index (κ1) is 13.4. The fraction of sp³-hybridized carbons (Fsp3) is 0.200. The second kappa shape index (κ2) is 5.31. The number of benzene rings is 2. The molecule has 0 saturated carbocycles. The lowest BCUT2D eigenvalue weighted by Gasteiger charge is -2.24. The molecule has 2 rings (SSSR count). The highest BCUT2D eigenvalue weighted by molar-refractivity contribution is 6.33. The van der Waals surface area contributed by atoms with Crippen LogP contribution in [0.1, 0.15) is 18.1 Å². The Morgan fingerprint density at radius 3 is 2.39 bits per heavy atom. The molecule has 18 heavy (non-hydrogen) atoms. The molecule has 0 aromatic heterocycles. The van der Waals surface area contributed by atoms with Crippen LogP contribution >= 0.6 is 23.2 Å². The quantitative estimate of drug-likeness (QED) is 0.881. The van der Waals surface area contributed by atoms with Crippen molar-refractivity contribution in [3.8, 4) is 0 Å². The van der Waals surface area contributed by atoms with Gasteiger partial charge in [0.2, 0.25) is 0 Å². The van der Waals surface area contributed by atoms with Crippen LogP contribution in [0.4, 0.5) is 0 Å². The van der Waals surface area contributed by atoms with Crippen molar-refractivity contribution in [2.75, 3.05) is 0 Å². The molecule has 1 atom stereocenters. The summed E-state index contributed by atoms with van der Waals surface area (Å²) >= 11 is 12.1. The van der Waals surface area contributed by atoms with Crippen LogP contribution in [0.15, 0.2) is 48.5 Å². The van der Waals surface area contributed by atoms with Gasteiger partial charge < -0.3 is 5.11 Å². The molecule has 1 unspecified atom stereocenters. The van der Waals surface area contributed by atoms with Gasteiger partial charge in [0.25, 0.3) is 0 Å². The molecule has 1 nitrogen and oxygen atoms in total. The van der Waals surface area contributed by atoms with Crippen molar-refractivity contribution in [1.82, 2.24) is 0 Å². The van der Waals surface area contributed by atoms with Gasteiger partial charge in [-0.2, -0.15) is 0 Å². The lowest BCUT2D eigenvalue weighted by Crippen LogP contribution is -2.24. The van der Waals surface area contributed by atoms with Crippen LogP contribution in [0, 0.1) is 0 Å². The van der Waals surface area contributed by atoms with Gasteiger partial charge in [0.1, 0.15) is 0 Å². The lowest BCUT2D eigenvalue weighted by atomic mass is 9.89. The Balaban J connectivity index is 2.30. The Bertz CT molecular complexity index is 535. The van der Waals surface area contributed by atoms with Crippen LogP contribution in [0.3, 0.4) is 0 Å². The largest absolute Gasteiger partial charge is 0.385 e. The van der Waals surface area contributed by atoms with Crippen LogP contribution in [-0.2, 0) is 12.0 Å². The Morgan fingerprint density at radius 2 is 1.72 bits per heavy atom. The lowest BCUT2D eigenvalue weighted by molar-refractivity contribution is 0.0576. The predicted molar refractivity (Wildman–Crippen MR) is 76.2 cm³/mol. The van der Waals surface area contributed by atoms with Gasteiger partial charge in [-0.15, -0.1) is 0 Å². The van der Waals surface area contributed by atoms with Gasteiger partial charge in [0.15, 0.2) is 0 Å². The number of halogens is 2. The van der Waals surface area contributed by atoms with E-state index in [2.05, 4.69) is 0 Å². The molecule has 0 aliphatic rings. The van der Waals surface area contributed by atoms with E-state index < -0.39 is 5.60 Å². The molecule has 3 heteroatoms. The average Bonchev–Trinajstić information content (AvgIpc) is 2.35. The first-order chi connectivity index (χ1) is 8.49. The number of rotatable bonds is 3. The zero-order chi connectivity index (χ0) is 13.2. The van der Waals surface area contributed by atoms with E-state index in [1.165, 1.54) is 0 Å². The predicted octanol–water partition coefficient (Wildman–Crippen LogP) is 4.44. The van der Waals surface area contributed by atoms with Crippen molar-refractivity contribution in [1.29, 1.82) is 0 Å². The van der Waals surface area contributed by atoms with Crippen LogP contribution in [0.2, 0.25) is 10.0 Å². The van der Waals surface area contributed by atoms with Gasteiger partial charge in [-0.05, 0) is 36.2 Å². The zero-order valence-corrected chi connectivity index (χ0v) is 11.5. The third-order valence-electron chi connectivity index (χ3n) is 2.94. The molecule has 0 spiro atoms. The molecule has 0 saturated heterocycles. The minimum Gasteiger partial charge on any atom is -0.385 e. The molecule has 0 radical (unpaired) electrons. The summed E-state index contributed by atoms with van der Waals surface area (Å²) in [5.74, 6) is 0.